The van der Waals surface area contributed by atoms with Crippen LogP contribution in [0, 0.1) is 5.41 Å². The zero-order valence-electron chi connectivity index (χ0n) is 13.8. The Morgan fingerprint density at radius 1 is 1.24 bits per heavy atom. The number of rotatable bonds is 5. The molecule has 2 aliphatic rings. The summed E-state index contributed by atoms with van der Waals surface area (Å²) < 4.78 is 35.9. The number of amidine groups is 1. The molecule has 1 N–H and O–H groups in total. The molecule has 2 unspecified atom stereocenters. The van der Waals surface area contributed by atoms with E-state index in [0.29, 0.717) is 29.9 Å². The Morgan fingerprint density at radius 2 is 1.84 bits per heavy atom. The highest BCUT2D eigenvalue weighted by Gasteiger charge is 2.49. The molecule has 1 aromatic rings. The molecule has 0 aromatic heterocycles. The number of thioether (sulfide) groups is 1. The van der Waals surface area contributed by atoms with E-state index in [1.54, 1.807) is 4.90 Å². The van der Waals surface area contributed by atoms with Crippen molar-refractivity contribution in [2.24, 2.45) is 0 Å². The molecule has 2 fully saturated rings. The summed E-state index contributed by atoms with van der Waals surface area (Å²) in [5.41, 5.74) is 0.740. The quantitative estimate of drug-likeness (QED) is 0.646. The summed E-state index contributed by atoms with van der Waals surface area (Å²) in [6, 6.07) is 3.43. The summed E-state index contributed by atoms with van der Waals surface area (Å²) in [6.07, 6.45) is 0. The van der Waals surface area contributed by atoms with Crippen LogP contribution in [-0.4, -0.2) is 49.6 Å². The third-order valence-corrected chi connectivity index (χ3v) is 7.72. The number of sulfone groups is 1. The monoisotopic (exact) mass is 514 g/mol. The standard InChI is InChI=1S/C15H19BrN2O4S2.BrH/c1-3-21-12-5-9(16)10(6-13(12)22-4-2)18-11-7-24(19,20)8-14(11)23-15(18)17;/h5-6,11,14,17H,3-4,7-8H2,1-2H3;1H. The summed E-state index contributed by atoms with van der Waals surface area (Å²) in [7, 11) is -3.05. The Labute approximate surface area is 171 Å². The van der Waals surface area contributed by atoms with E-state index in [9.17, 15) is 8.42 Å². The first kappa shape index (κ1) is 20.9. The molecule has 3 rings (SSSR count). The number of hydrogen-bond acceptors (Lipinski definition) is 6. The number of fused-ring (bicyclic) bond motifs is 1. The highest BCUT2D eigenvalue weighted by molar-refractivity contribution is 9.10. The van der Waals surface area contributed by atoms with Gasteiger partial charge in [0.05, 0.1) is 36.4 Å². The van der Waals surface area contributed by atoms with E-state index in [1.807, 2.05) is 26.0 Å². The maximum atomic E-state index is 12.0. The first-order valence-electron chi connectivity index (χ1n) is 7.70. The van der Waals surface area contributed by atoms with Gasteiger partial charge in [0.15, 0.2) is 26.5 Å². The zero-order chi connectivity index (χ0) is 17.5. The molecule has 25 heavy (non-hydrogen) atoms. The van der Waals surface area contributed by atoms with E-state index in [2.05, 4.69) is 15.9 Å². The number of benzene rings is 1. The Balaban J connectivity index is 0.00000225. The molecule has 2 saturated heterocycles. The molecular weight excluding hydrogens is 496 g/mol. The Kier molecular flexibility index (Phi) is 6.72. The van der Waals surface area contributed by atoms with Gasteiger partial charge >= 0.3 is 0 Å². The maximum absolute atomic E-state index is 12.0. The van der Waals surface area contributed by atoms with Gasteiger partial charge in [0, 0.05) is 21.9 Å². The molecule has 2 aliphatic heterocycles. The number of halogens is 2. The Hall–Kier alpha value is -0.450. The largest absolute Gasteiger partial charge is 0.490 e. The van der Waals surface area contributed by atoms with Crippen molar-refractivity contribution in [3.63, 3.8) is 0 Å². The fourth-order valence-electron chi connectivity index (χ4n) is 3.03. The van der Waals surface area contributed by atoms with Crippen molar-refractivity contribution in [2.75, 3.05) is 29.6 Å². The molecule has 2 heterocycles. The van der Waals surface area contributed by atoms with Crippen LogP contribution in [0.5, 0.6) is 11.5 Å². The van der Waals surface area contributed by atoms with Gasteiger partial charge in [0.2, 0.25) is 0 Å². The second-order valence-electron chi connectivity index (χ2n) is 5.59. The number of hydrogen-bond donors (Lipinski definition) is 1. The van der Waals surface area contributed by atoms with Gasteiger partial charge in [0.25, 0.3) is 0 Å². The molecule has 140 valence electrons. The van der Waals surface area contributed by atoms with E-state index in [-0.39, 0.29) is 39.8 Å². The minimum atomic E-state index is -3.05. The van der Waals surface area contributed by atoms with Crippen LogP contribution in [0.3, 0.4) is 0 Å². The highest BCUT2D eigenvalue weighted by atomic mass is 79.9. The van der Waals surface area contributed by atoms with Crippen LogP contribution in [0.4, 0.5) is 5.69 Å². The van der Waals surface area contributed by atoms with Crippen LogP contribution in [0.2, 0.25) is 0 Å². The fourth-order valence-corrected chi connectivity index (χ4v) is 7.33. The lowest BCUT2D eigenvalue weighted by Gasteiger charge is -2.26. The molecule has 6 nitrogen and oxygen atoms in total. The first-order chi connectivity index (χ1) is 11.4. The average molecular weight is 516 g/mol. The summed E-state index contributed by atoms with van der Waals surface area (Å²) >= 11 is 4.85. The van der Waals surface area contributed by atoms with Crippen molar-refractivity contribution in [3.05, 3.63) is 16.6 Å². The summed E-state index contributed by atoms with van der Waals surface area (Å²) in [4.78, 5) is 1.79. The van der Waals surface area contributed by atoms with Crippen molar-refractivity contribution in [1.29, 1.82) is 5.41 Å². The van der Waals surface area contributed by atoms with Crippen molar-refractivity contribution in [2.45, 2.75) is 25.1 Å². The zero-order valence-corrected chi connectivity index (χ0v) is 18.8. The smallest absolute Gasteiger partial charge is 0.163 e. The molecule has 0 aliphatic carbocycles. The van der Waals surface area contributed by atoms with Crippen LogP contribution in [0.25, 0.3) is 0 Å². The second kappa shape index (κ2) is 8.06. The Bertz CT molecular complexity index is 773. The van der Waals surface area contributed by atoms with Crippen LogP contribution >= 0.6 is 44.7 Å². The number of nitrogens with zero attached hydrogens (tertiary/aromatic N) is 1. The van der Waals surface area contributed by atoms with E-state index >= 15 is 0 Å². The predicted octanol–water partition coefficient (Wildman–Crippen LogP) is 3.48. The van der Waals surface area contributed by atoms with Gasteiger partial charge in [-0.15, -0.1) is 17.0 Å². The van der Waals surface area contributed by atoms with Crippen molar-refractivity contribution >= 4 is 65.4 Å². The number of ether oxygens (including phenoxy) is 2. The molecule has 2 atom stereocenters. The SMILES string of the molecule is Br.CCOc1cc(Br)c(N2C(=N)SC3CS(=O)(=O)CC32)cc1OCC. The molecule has 0 saturated carbocycles. The molecule has 0 radical (unpaired) electrons. The lowest BCUT2D eigenvalue weighted by atomic mass is 10.2. The van der Waals surface area contributed by atoms with Gasteiger partial charge in [-0.25, -0.2) is 8.42 Å². The minimum Gasteiger partial charge on any atom is -0.490 e. The highest BCUT2D eigenvalue weighted by Crippen LogP contribution is 2.45. The lowest BCUT2D eigenvalue weighted by Crippen LogP contribution is -2.37. The normalized spacial score (nSPS) is 24.0. The van der Waals surface area contributed by atoms with Gasteiger partial charge in [-0.3, -0.25) is 5.41 Å². The second-order valence-corrected chi connectivity index (χ2v) is 9.83. The van der Waals surface area contributed by atoms with Gasteiger partial charge in [-0.2, -0.15) is 0 Å². The van der Waals surface area contributed by atoms with Crippen LogP contribution < -0.4 is 14.4 Å². The molecule has 0 bridgehead atoms. The predicted molar refractivity (Wildman–Crippen MR) is 111 cm³/mol. The molecular formula is C15H20Br2N2O4S2. The van der Waals surface area contributed by atoms with Crippen molar-refractivity contribution in [3.8, 4) is 11.5 Å². The van der Waals surface area contributed by atoms with Crippen molar-refractivity contribution in [1.82, 2.24) is 0 Å². The lowest BCUT2D eigenvalue weighted by molar-refractivity contribution is 0.287. The molecule has 0 amide bonds. The van der Waals surface area contributed by atoms with Crippen molar-refractivity contribution < 1.29 is 17.9 Å². The molecule has 1 aromatic carbocycles. The van der Waals surface area contributed by atoms with E-state index in [0.717, 1.165) is 10.2 Å². The maximum Gasteiger partial charge on any atom is 0.163 e. The number of anilines is 1. The third kappa shape index (κ3) is 4.12. The molecule has 0 spiro atoms. The van der Waals surface area contributed by atoms with Crippen LogP contribution in [-0.2, 0) is 9.84 Å². The summed E-state index contributed by atoms with van der Waals surface area (Å²) in [6.45, 7) is 4.81. The van der Waals surface area contributed by atoms with Gasteiger partial charge in [-0.05, 0) is 29.8 Å². The molecule has 10 heteroatoms. The summed E-state index contributed by atoms with van der Waals surface area (Å²) in [5.74, 6) is 1.44. The van der Waals surface area contributed by atoms with Gasteiger partial charge in [0.1, 0.15) is 0 Å². The van der Waals surface area contributed by atoms with E-state index in [4.69, 9.17) is 14.9 Å². The average Bonchev–Trinajstić information content (AvgIpc) is 2.93. The van der Waals surface area contributed by atoms with Gasteiger partial charge < -0.3 is 14.4 Å². The van der Waals surface area contributed by atoms with Gasteiger partial charge in [-0.1, -0.05) is 11.8 Å². The fraction of sp³-hybridized carbons (Fsp3) is 0.533. The summed E-state index contributed by atoms with van der Waals surface area (Å²) in [5, 5.41) is 8.56. The van der Waals surface area contributed by atoms with Crippen LogP contribution in [0.1, 0.15) is 13.8 Å². The minimum absolute atomic E-state index is 0. The third-order valence-electron chi connectivity index (χ3n) is 3.96. The topological polar surface area (TPSA) is 79.7 Å². The van der Waals surface area contributed by atoms with E-state index < -0.39 is 9.84 Å². The number of nitrogens with one attached hydrogen (secondary N) is 1. The van der Waals surface area contributed by atoms with Crippen LogP contribution in [0.15, 0.2) is 16.6 Å². The first-order valence-corrected chi connectivity index (χ1v) is 11.2. The Morgan fingerprint density at radius 3 is 2.44 bits per heavy atom. The van der Waals surface area contributed by atoms with E-state index in [1.165, 1.54) is 11.8 Å².